The molecule has 0 saturated heterocycles. The largest absolute Gasteiger partial charge is 0.355 e. The van der Waals surface area contributed by atoms with Gasteiger partial charge in [-0.15, -0.1) is 0 Å². The highest BCUT2D eigenvalue weighted by Crippen LogP contribution is 2.12. The maximum Gasteiger partial charge on any atom is 0.224 e. The quantitative estimate of drug-likeness (QED) is 0.486. The Balaban J connectivity index is 2.30. The second-order valence-electron chi connectivity index (χ2n) is 6.15. The molecule has 26 heavy (non-hydrogen) atoms. The van der Waals surface area contributed by atoms with Gasteiger partial charge in [-0.05, 0) is 37.5 Å². The second-order valence-corrected chi connectivity index (χ2v) is 6.15. The Morgan fingerprint density at radius 3 is 2.23 bits per heavy atom. The Hall–Kier alpha value is -2.54. The number of nitrogens with one attached hydrogen (secondary N) is 2. The average molecular weight is 361 g/mol. The van der Waals surface area contributed by atoms with Crippen LogP contribution in [-0.4, -0.2) is 36.5 Å². The van der Waals surface area contributed by atoms with Crippen LogP contribution >= 0.6 is 0 Å². The van der Waals surface area contributed by atoms with Crippen LogP contribution in [0.3, 0.4) is 0 Å². The third-order valence-electron chi connectivity index (χ3n) is 3.65. The SMILES string of the molecule is CC(=O)CC(=O)CCc1ccc(NC(=O)CCCC(=O)NCCN)cc1. The number of Topliss-reactive ketones (excluding diaryl/α,β-unsaturated/α-hetero) is 2. The van der Waals surface area contributed by atoms with Crippen LogP contribution in [0.25, 0.3) is 0 Å². The van der Waals surface area contributed by atoms with Gasteiger partial charge in [-0.3, -0.25) is 19.2 Å². The van der Waals surface area contributed by atoms with Crippen LogP contribution in [-0.2, 0) is 25.6 Å². The summed E-state index contributed by atoms with van der Waals surface area (Å²) in [6.07, 6.45) is 1.91. The summed E-state index contributed by atoms with van der Waals surface area (Å²) in [5.74, 6) is -0.441. The first-order valence-electron chi connectivity index (χ1n) is 8.77. The lowest BCUT2D eigenvalue weighted by molar-refractivity contribution is -0.126. The topological polar surface area (TPSA) is 118 Å². The fourth-order valence-corrected chi connectivity index (χ4v) is 2.34. The summed E-state index contributed by atoms with van der Waals surface area (Å²) in [6, 6.07) is 7.24. The van der Waals surface area contributed by atoms with E-state index in [0.717, 1.165) is 5.56 Å². The molecule has 7 nitrogen and oxygen atoms in total. The van der Waals surface area contributed by atoms with E-state index in [2.05, 4.69) is 10.6 Å². The van der Waals surface area contributed by atoms with Crippen LogP contribution in [0.15, 0.2) is 24.3 Å². The first-order valence-corrected chi connectivity index (χ1v) is 8.77. The van der Waals surface area contributed by atoms with Crippen LogP contribution in [0.1, 0.15) is 44.6 Å². The molecule has 0 heterocycles. The van der Waals surface area contributed by atoms with Gasteiger partial charge in [0.05, 0.1) is 6.42 Å². The van der Waals surface area contributed by atoms with Crippen molar-refractivity contribution in [2.45, 2.75) is 45.4 Å². The van der Waals surface area contributed by atoms with Gasteiger partial charge in [0.2, 0.25) is 11.8 Å². The van der Waals surface area contributed by atoms with Crippen LogP contribution in [0.2, 0.25) is 0 Å². The van der Waals surface area contributed by atoms with Crippen molar-refractivity contribution < 1.29 is 19.2 Å². The normalized spacial score (nSPS) is 10.2. The number of hydrogen-bond donors (Lipinski definition) is 3. The molecular weight excluding hydrogens is 334 g/mol. The molecule has 1 aromatic carbocycles. The molecule has 0 radical (unpaired) electrons. The molecule has 0 fully saturated rings. The smallest absolute Gasteiger partial charge is 0.224 e. The first-order chi connectivity index (χ1) is 12.4. The zero-order chi connectivity index (χ0) is 19.4. The summed E-state index contributed by atoms with van der Waals surface area (Å²) in [4.78, 5) is 45.7. The summed E-state index contributed by atoms with van der Waals surface area (Å²) in [5, 5.41) is 5.43. The van der Waals surface area contributed by atoms with Crippen LogP contribution < -0.4 is 16.4 Å². The lowest BCUT2D eigenvalue weighted by Crippen LogP contribution is -2.28. The summed E-state index contributed by atoms with van der Waals surface area (Å²) in [6.45, 7) is 2.24. The zero-order valence-corrected chi connectivity index (χ0v) is 15.2. The Morgan fingerprint density at radius 2 is 1.62 bits per heavy atom. The number of benzene rings is 1. The van der Waals surface area contributed by atoms with Gasteiger partial charge in [-0.1, -0.05) is 12.1 Å². The molecular formula is C19H27N3O4. The number of amides is 2. The molecule has 0 bridgehead atoms. The molecule has 0 saturated carbocycles. The maximum absolute atomic E-state index is 11.9. The third kappa shape index (κ3) is 9.68. The number of ketones is 2. The molecule has 142 valence electrons. The van der Waals surface area contributed by atoms with Gasteiger partial charge in [0, 0.05) is 38.0 Å². The van der Waals surface area contributed by atoms with Gasteiger partial charge < -0.3 is 16.4 Å². The van der Waals surface area contributed by atoms with E-state index in [1.54, 1.807) is 12.1 Å². The highest BCUT2D eigenvalue weighted by atomic mass is 16.2. The highest BCUT2D eigenvalue weighted by Gasteiger charge is 2.07. The lowest BCUT2D eigenvalue weighted by Gasteiger charge is -2.07. The molecule has 0 aliphatic rings. The van der Waals surface area contributed by atoms with Gasteiger partial charge in [0.15, 0.2) is 0 Å². The van der Waals surface area contributed by atoms with Gasteiger partial charge in [-0.25, -0.2) is 0 Å². The number of anilines is 1. The molecule has 4 N–H and O–H groups in total. The number of nitrogens with two attached hydrogens (primary N) is 1. The van der Waals surface area contributed by atoms with E-state index < -0.39 is 0 Å². The Bertz CT molecular complexity index is 626. The molecule has 0 unspecified atom stereocenters. The number of carbonyl (C=O) groups is 4. The molecule has 2 amide bonds. The third-order valence-corrected chi connectivity index (χ3v) is 3.65. The highest BCUT2D eigenvalue weighted by molar-refractivity contribution is 5.98. The van der Waals surface area contributed by atoms with Crippen molar-refractivity contribution in [2.75, 3.05) is 18.4 Å². The van der Waals surface area contributed by atoms with E-state index >= 15 is 0 Å². The van der Waals surface area contributed by atoms with Crippen molar-refractivity contribution in [3.05, 3.63) is 29.8 Å². The number of rotatable bonds is 12. The molecule has 0 atom stereocenters. The first kappa shape index (κ1) is 21.5. The predicted molar refractivity (Wildman–Crippen MR) is 99.6 cm³/mol. The molecule has 0 aliphatic heterocycles. The summed E-state index contributed by atoms with van der Waals surface area (Å²) >= 11 is 0. The predicted octanol–water partition coefficient (Wildman–Crippen LogP) is 1.35. The minimum Gasteiger partial charge on any atom is -0.355 e. The number of aryl methyl sites for hydroxylation is 1. The van der Waals surface area contributed by atoms with Gasteiger partial charge in [-0.2, -0.15) is 0 Å². The summed E-state index contributed by atoms with van der Waals surface area (Å²) < 4.78 is 0. The molecule has 7 heteroatoms. The van der Waals surface area contributed by atoms with E-state index in [4.69, 9.17) is 5.73 Å². The molecule has 1 aromatic rings. The lowest BCUT2D eigenvalue weighted by atomic mass is 10.0. The second kappa shape index (κ2) is 11.9. The van der Waals surface area contributed by atoms with Gasteiger partial charge in [0.25, 0.3) is 0 Å². The molecule has 0 aliphatic carbocycles. The van der Waals surface area contributed by atoms with Crippen molar-refractivity contribution in [1.82, 2.24) is 5.32 Å². The minimum absolute atomic E-state index is 0.0155. The molecule has 0 aromatic heterocycles. The van der Waals surface area contributed by atoms with E-state index in [-0.39, 0.29) is 36.2 Å². The monoisotopic (exact) mass is 361 g/mol. The van der Waals surface area contributed by atoms with Crippen molar-refractivity contribution >= 4 is 29.1 Å². The van der Waals surface area contributed by atoms with Crippen molar-refractivity contribution in [2.24, 2.45) is 5.73 Å². The summed E-state index contributed by atoms with van der Waals surface area (Å²) in [7, 11) is 0. The van der Waals surface area contributed by atoms with E-state index in [1.807, 2.05) is 12.1 Å². The number of carbonyl (C=O) groups excluding carboxylic acids is 4. The van der Waals surface area contributed by atoms with Crippen molar-refractivity contribution in [3.63, 3.8) is 0 Å². The standard InChI is InChI=1S/C19H27N3O4/c1-14(23)13-17(24)10-7-15-5-8-16(9-6-15)22-19(26)4-2-3-18(25)21-12-11-20/h5-6,8-9H,2-4,7,10-13,20H2,1H3,(H,21,25)(H,22,26). The minimum atomic E-state index is -0.152. The molecule has 1 rings (SSSR count). The Kier molecular flexibility index (Phi) is 9.86. The Morgan fingerprint density at radius 1 is 0.962 bits per heavy atom. The average Bonchev–Trinajstić information content (AvgIpc) is 2.58. The van der Waals surface area contributed by atoms with Crippen molar-refractivity contribution in [1.29, 1.82) is 0 Å². The maximum atomic E-state index is 11.9. The van der Waals surface area contributed by atoms with Gasteiger partial charge in [0.1, 0.15) is 11.6 Å². The van der Waals surface area contributed by atoms with E-state index in [0.29, 0.717) is 44.5 Å². The molecule has 0 spiro atoms. The fourth-order valence-electron chi connectivity index (χ4n) is 2.34. The fraction of sp³-hybridized carbons (Fsp3) is 0.474. The summed E-state index contributed by atoms with van der Waals surface area (Å²) in [5.41, 5.74) is 6.93. The van der Waals surface area contributed by atoms with Gasteiger partial charge >= 0.3 is 0 Å². The van der Waals surface area contributed by atoms with Crippen LogP contribution in [0.5, 0.6) is 0 Å². The van der Waals surface area contributed by atoms with Crippen LogP contribution in [0, 0.1) is 0 Å². The van der Waals surface area contributed by atoms with E-state index in [9.17, 15) is 19.2 Å². The number of hydrogen-bond acceptors (Lipinski definition) is 5. The van der Waals surface area contributed by atoms with Crippen molar-refractivity contribution in [3.8, 4) is 0 Å². The zero-order valence-electron chi connectivity index (χ0n) is 15.2. The Labute approximate surface area is 153 Å². The van der Waals surface area contributed by atoms with E-state index in [1.165, 1.54) is 6.92 Å². The van der Waals surface area contributed by atoms with Crippen LogP contribution in [0.4, 0.5) is 5.69 Å².